The predicted octanol–water partition coefficient (Wildman–Crippen LogP) is 3.44. The molecule has 5 heteroatoms. The lowest BCUT2D eigenvalue weighted by molar-refractivity contribution is -0.385. The zero-order valence-corrected chi connectivity index (χ0v) is 12.1. The molecule has 0 atom stereocenters. The lowest BCUT2D eigenvalue weighted by atomic mass is 10.1. The molecule has 0 radical (unpaired) electrons. The molecule has 0 spiro atoms. The van der Waals surface area contributed by atoms with Crippen molar-refractivity contribution in [1.29, 1.82) is 0 Å². The standard InChI is InChI=1S/C15H22N2O3/c1-4-5-6-9-20-15-8-7-13(11-16-12(2)3)10-14(15)17(18)19/h4,7-8,10,12,16H,1,5-6,9,11H2,2-3H3. The molecule has 1 aromatic rings. The summed E-state index contributed by atoms with van der Waals surface area (Å²) >= 11 is 0. The molecule has 0 saturated heterocycles. The van der Waals surface area contributed by atoms with Crippen molar-refractivity contribution in [2.75, 3.05) is 6.61 Å². The van der Waals surface area contributed by atoms with Gasteiger partial charge in [0.2, 0.25) is 0 Å². The largest absolute Gasteiger partial charge is 0.487 e. The SMILES string of the molecule is C=CCCCOc1ccc(CNC(C)C)cc1[N+](=O)[O-]. The Hall–Kier alpha value is -1.88. The average Bonchev–Trinajstić information content (AvgIpc) is 2.41. The Morgan fingerprint density at radius 3 is 2.85 bits per heavy atom. The van der Waals surface area contributed by atoms with Crippen molar-refractivity contribution in [2.24, 2.45) is 0 Å². The van der Waals surface area contributed by atoms with Gasteiger partial charge in [0, 0.05) is 18.7 Å². The van der Waals surface area contributed by atoms with Crippen molar-refractivity contribution in [2.45, 2.75) is 39.3 Å². The lowest BCUT2D eigenvalue weighted by Gasteiger charge is -2.10. The molecule has 0 amide bonds. The number of hydrogen-bond donors (Lipinski definition) is 1. The van der Waals surface area contributed by atoms with Gasteiger partial charge in [-0.1, -0.05) is 26.0 Å². The van der Waals surface area contributed by atoms with E-state index in [1.54, 1.807) is 18.2 Å². The highest BCUT2D eigenvalue weighted by molar-refractivity contribution is 5.48. The van der Waals surface area contributed by atoms with Gasteiger partial charge in [0.25, 0.3) is 0 Å². The van der Waals surface area contributed by atoms with E-state index in [1.807, 2.05) is 19.9 Å². The van der Waals surface area contributed by atoms with E-state index in [1.165, 1.54) is 0 Å². The van der Waals surface area contributed by atoms with E-state index >= 15 is 0 Å². The fourth-order valence-corrected chi connectivity index (χ4v) is 1.67. The van der Waals surface area contributed by atoms with Gasteiger partial charge in [0.15, 0.2) is 5.75 Å². The van der Waals surface area contributed by atoms with Crippen LogP contribution in [0.2, 0.25) is 0 Å². The number of benzene rings is 1. The number of nitrogens with one attached hydrogen (secondary N) is 1. The Kier molecular flexibility index (Phi) is 6.73. The van der Waals surface area contributed by atoms with Crippen molar-refractivity contribution in [1.82, 2.24) is 5.32 Å². The highest BCUT2D eigenvalue weighted by Crippen LogP contribution is 2.28. The summed E-state index contributed by atoms with van der Waals surface area (Å²) in [4.78, 5) is 10.7. The Morgan fingerprint density at radius 1 is 1.50 bits per heavy atom. The van der Waals surface area contributed by atoms with E-state index < -0.39 is 4.92 Å². The molecule has 1 aromatic carbocycles. The maximum atomic E-state index is 11.1. The Labute approximate surface area is 119 Å². The highest BCUT2D eigenvalue weighted by atomic mass is 16.6. The van der Waals surface area contributed by atoms with Crippen molar-refractivity contribution >= 4 is 5.69 Å². The number of hydrogen-bond acceptors (Lipinski definition) is 4. The molecule has 110 valence electrons. The van der Waals surface area contributed by atoms with Crippen molar-refractivity contribution < 1.29 is 9.66 Å². The Morgan fingerprint density at radius 2 is 2.25 bits per heavy atom. The normalized spacial score (nSPS) is 10.6. The van der Waals surface area contributed by atoms with Crippen LogP contribution in [0.5, 0.6) is 5.75 Å². The summed E-state index contributed by atoms with van der Waals surface area (Å²) in [5, 5.41) is 14.3. The summed E-state index contributed by atoms with van der Waals surface area (Å²) in [6, 6.07) is 5.43. The summed E-state index contributed by atoms with van der Waals surface area (Å²) in [6.45, 7) is 8.75. The van der Waals surface area contributed by atoms with E-state index in [2.05, 4.69) is 11.9 Å². The third-order valence-electron chi connectivity index (χ3n) is 2.74. The van der Waals surface area contributed by atoms with Gasteiger partial charge < -0.3 is 10.1 Å². The number of nitro groups is 1. The molecule has 5 nitrogen and oxygen atoms in total. The van der Waals surface area contributed by atoms with Gasteiger partial charge in [-0.3, -0.25) is 10.1 Å². The van der Waals surface area contributed by atoms with Crippen LogP contribution in [0.15, 0.2) is 30.9 Å². The summed E-state index contributed by atoms with van der Waals surface area (Å²) < 4.78 is 5.47. The first-order valence-corrected chi connectivity index (χ1v) is 6.79. The fraction of sp³-hybridized carbons (Fsp3) is 0.467. The van der Waals surface area contributed by atoms with Crippen LogP contribution in [-0.2, 0) is 6.54 Å². The average molecular weight is 278 g/mol. The Bertz CT molecular complexity index is 458. The van der Waals surface area contributed by atoms with E-state index in [-0.39, 0.29) is 5.69 Å². The topological polar surface area (TPSA) is 64.4 Å². The van der Waals surface area contributed by atoms with Crippen LogP contribution in [0, 0.1) is 10.1 Å². The molecule has 1 rings (SSSR count). The van der Waals surface area contributed by atoms with E-state index in [0.717, 1.165) is 18.4 Å². The van der Waals surface area contributed by atoms with Gasteiger partial charge >= 0.3 is 5.69 Å². The molecule has 0 aliphatic rings. The lowest BCUT2D eigenvalue weighted by Crippen LogP contribution is -2.21. The van der Waals surface area contributed by atoms with Gasteiger partial charge in [0.05, 0.1) is 11.5 Å². The Balaban J connectivity index is 2.74. The zero-order chi connectivity index (χ0) is 15.0. The second-order valence-corrected chi connectivity index (χ2v) is 4.87. The molecule has 0 heterocycles. The number of unbranched alkanes of at least 4 members (excludes halogenated alkanes) is 1. The van der Waals surface area contributed by atoms with Crippen LogP contribution in [0.25, 0.3) is 0 Å². The molecular formula is C15H22N2O3. The minimum Gasteiger partial charge on any atom is -0.487 e. The number of nitrogens with zero attached hydrogens (tertiary/aromatic N) is 1. The van der Waals surface area contributed by atoms with E-state index in [4.69, 9.17) is 4.74 Å². The van der Waals surface area contributed by atoms with Gasteiger partial charge in [-0.15, -0.1) is 6.58 Å². The molecule has 20 heavy (non-hydrogen) atoms. The minimum atomic E-state index is -0.401. The molecule has 1 N–H and O–H groups in total. The monoisotopic (exact) mass is 278 g/mol. The summed E-state index contributed by atoms with van der Waals surface area (Å²) in [7, 11) is 0. The molecule has 0 aliphatic heterocycles. The molecule has 0 unspecified atom stereocenters. The van der Waals surface area contributed by atoms with Crippen LogP contribution in [0.3, 0.4) is 0 Å². The number of allylic oxidation sites excluding steroid dienone is 1. The van der Waals surface area contributed by atoms with Crippen LogP contribution < -0.4 is 10.1 Å². The molecule has 0 fully saturated rings. The van der Waals surface area contributed by atoms with Crippen LogP contribution >= 0.6 is 0 Å². The second-order valence-electron chi connectivity index (χ2n) is 4.87. The van der Waals surface area contributed by atoms with Gasteiger partial charge in [-0.05, 0) is 24.5 Å². The van der Waals surface area contributed by atoms with Crippen molar-refractivity contribution in [3.63, 3.8) is 0 Å². The van der Waals surface area contributed by atoms with Crippen LogP contribution in [0.4, 0.5) is 5.69 Å². The zero-order valence-electron chi connectivity index (χ0n) is 12.1. The summed E-state index contributed by atoms with van der Waals surface area (Å²) in [5.74, 6) is 0.326. The molecular weight excluding hydrogens is 256 g/mol. The van der Waals surface area contributed by atoms with E-state index in [0.29, 0.717) is 24.9 Å². The molecule has 0 saturated carbocycles. The number of ether oxygens (including phenoxy) is 1. The maximum Gasteiger partial charge on any atom is 0.311 e. The number of nitro benzene ring substituents is 1. The quantitative estimate of drug-likeness (QED) is 0.325. The first kappa shape index (κ1) is 16.2. The molecule has 0 aromatic heterocycles. The summed E-state index contributed by atoms with van der Waals surface area (Å²) in [5.41, 5.74) is 0.899. The first-order valence-electron chi connectivity index (χ1n) is 6.79. The van der Waals surface area contributed by atoms with E-state index in [9.17, 15) is 10.1 Å². The predicted molar refractivity (Wildman–Crippen MR) is 80.0 cm³/mol. The van der Waals surface area contributed by atoms with Gasteiger partial charge in [-0.2, -0.15) is 0 Å². The first-order chi connectivity index (χ1) is 9.54. The third kappa shape index (κ3) is 5.40. The third-order valence-corrected chi connectivity index (χ3v) is 2.74. The smallest absolute Gasteiger partial charge is 0.311 e. The van der Waals surface area contributed by atoms with Crippen molar-refractivity contribution in [3.05, 3.63) is 46.5 Å². The number of rotatable bonds is 9. The fourth-order valence-electron chi connectivity index (χ4n) is 1.67. The van der Waals surface area contributed by atoms with Crippen LogP contribution in [-0.4, -0.2) is 17.6 Å². The molecule has 0 bridgehead atoms. The van der Waals surface area contributed by atoms with Gasteiger partial charge in [-0.25, -0.2) is 0 Å². The maximum absolute atomic E-state index is 11.1. The summed E-state index contributed by atoms with van der Waals surface area (Å²) in [6.07, 6.45) is 3.44. The highest BCUT2D eigenvalue weighted by Gasteiger charge is 2.15. The second kappa shape index (κ2) is 8.32. The molecule has 0 aliphatic carbocycles. The van der Waals surface area contributed by atoms with Crippen molar-refractivity contribution in [3.8, 4) is 5.75 Å². The van der Waals surface area contributed by atoms with Gasteiger partial charge in [0.1, 0.15) is 0 Å². The van der Waals surface area contributed by atoms with Crippen LogP contribution in [0.1, 0.15) is 32.3 Å². The minimum absolute atomic E-state index is 0.0201.